The average molecular weight is 329 g/mol. The summed E-state index contributed by atoms with van der Waals surface area (Å²) < 4.78 is 5.70. The van der Waals surface area contributed by atoms with Crippen molar-refractivity contribution < 1.29 is 9.53 Å². The maximum absolute atomic E-state index is 12.7. The van der Waals surface area contributed by atoms with Gasteiger partial charge < -0.3 is 15.8 Å². The van der Waals surface area contributed by atoms with Crippen LogP contribution in [0.25, 0.3) is 0 Å². The molecule has 4 nitrogen and oxygen atoms in total. The summed E-state index contributed by atoms with van der Waals surface area (Å²) in [5.74, 6) is -0.132. The summed E-state index contributed by atoms with van der Waals surface area (Å²) in [6.45, 7) is 4.62. The number of carbonyl (C=O) groups excluding carboxylic acids is 1. The zero-order chi connectivity index (χ0) is 15.4. The van der Waals surface area contributed by atoms with Crippen LogP contribution >= 0.6 is 23.2 Å². The summed E-state index contributed by atoms with van der Waals surface area (Å²) >= 11 is 11.8. The van der Waals surface area contributed by atoms with Crippen molar-refractivity contribution in [3.63, 3.8) is 0 Å². The minimum absolute atomic E-state index is 0.0575. The Labute approximate surface area is 133 Å². The van der Waals surface area contributed by atoms with Crippen molar-refractivity contribution >= 4 is 34.8 Å². The zero-order valence-electron chi connectivity index (χ0n) is 12.0. The Balaban J connectivity index is 1.83. The number of rotatable bonds is 2. The van der Waals surface area contributed by atoms with Crippen LogP contribution in [0.15, 0.2) is 18.2 Å². The molecule has 1 saturated heterocycles. The fourth-order valence-corrected chi connectivity index (χ4v) is 3.95. The highest BCUT2D eigenvalue weighted by Crippen LogP contribution is 2.58. The van der Waals surface area contributed by atoms with Crippen molar-refractivity contribution in [1.82, 2.24) is 0 Å². The second kappa shape index (κ2) is 4.85. The first-order valence-corrected chi connectivity index (χ1v) is 7.71. The smallest absolute Gasteiger partial charge is 0.245 e. The molecule has 1 amide bonds. The van der Waals surface area contributed by atoms with E-state index in [1.165, 1.54) is 0 Å². The number of ether oxygens (including phenoxy) is 1. The van der Waals surface area contributed by atoms with Gasteiger partial charge in [-0.05, 0) is 24.6 Å². The van der Waals surface area contributed by atoms with Gasteiger partial charge in [0.15, 0.2) is 0 Å². The van der Waals surface area contributed by atoms with Crippen LogP contribution < -0.4 is 11.1 Å². The van der Waals surface area contributed by atoms with Crippen LogP contribution in [0.3, 0.4) is 0 Å². The Morgan fingerprint density at radius 3 is 2.76 bits per heavy atom. The van der Waals surface area contributed by atoms with Gasteiger partial charge in [0.05, 0.1) is 16.1 Å². The fraction of sp³-hybridized carbons (Fsp3) is 0.533. The van der Waals surface area contributed by atoms with Crippen LogP contribution in [0, 0.1) is 11.3 Å². The Bertz CT molecular complexity index is 605. The van der Waals surface area contributed by atoms with Crippen molar-refractivity contribution in [2.24, 2.45) is 17.1 Å². The van der Waals surface area contributed by atoms with Crippen LogP contribution in [-0.2, 0) is 9.53 Å². The van der Waals surface area contributed by atoms with E-state index in [9.17, 15) is 4.79 Å². The van der Waals surface area contributed by atoms with E-state index < -0.39 is 11.0 Å². The molecule has 3 N–H and O–H groups in total. The second-order valence-electron chi connectivity index (χ2n) is 6.36. The minimum atomic E-state index is -0.930. The van der Waals surface area contributed by atoms with Gasteiger partial charge >= 0.3 is 0 Å². The normalized spacial score (nSPS) is 33.2. The third-order valence-corrected chi connectivity index (χ3v) is 5.75. The first-order valence-electron chi connectivity index (χ1n) is 6.95. The molecule has 3 unspecified atom stereocenters. The Morgan fingerprint density at radius 1 is 1.38 bits per heavy atom. The number of carbonyl (C=O) groups is 1. The number of fused-ring (bicyclic) bond motifs is 1. The first-order chi connectivity index (χ1) is 9.78. The molecule has 21 heavy (non-hydrogen) atoms. The molecule has 0 aromatic heterocycles. The molecule has 6 heteroatoms. The maximum Gasteiger partial charge on any atom is 0.245 e. The first kappa shape index (κ1) is 15.1. The van der Waals surface area contributed by atoms with E-state index in [2.05, 4.69) is 5.32 Å². The van der Waals surface area contributed by atoms with Gasteiger partial charge in [0, 0.05) is 23.6 Å². The highest BCUT2D eigenvalue weighted by Gasteiger charge is 2.71. The summed E-state index contributed by atoms with van der Waals surface area (Å²) in [6, 6.07) is 4.99. The van der Waals surface area contributed by atoms with Crippen LogP contribution in [-0.4, -0.2) is 24.2 Å². The molecule has 1 aromatic carbocycles. The lowest BCUT2D eigenvalue weighted by atomic mass is 9.48. The summed E-state index contributed by atoms with van der Waals surface area (Å²) in [6.07, 6.45) is 0.876. The van der Waals surface area contributed by atoms with E-state index in [0.717, 1.165) is 6.42 Å². The maximum atomic E-state index is 12.7. The molecule has 0 bridgehead atoms. The molecule has 0 spiro atoms. The Hall–Kier alpha value is -0.810. The molecule has 0 radical (unpaired) electrons. The number of nitrogens with one attached hydrogen (secondary N) is 1. The lowest BCUT2D eigenvalue weighted by Gasteiger charge is -2.60. The lowest BCUT2D eigenvalue weighted by Crippen LogP contribution is -2.79. The molecule has 1 aliphatic carbocycles. The second-order valence-corrected chi connectivity index (χ2v) is 7.17. The molecule has 3 rings (SSSR count). The molecular formula is C15H18Cl2N2O2. The van der Waals surface area contributed by atoms with Crippen LogP contribution in [0.2, 0.25) is 10.0 Å². The molecule has 1 aromatic rings. The predicted octanol–water partition coefficient (Wildman–Crippen LogP) is 3.07. The van der Waals surface area contributed by atoms with Crippen LogP contribution in [0.1, 0.15) is 20.3 Å². The molecule has 1 aliphatic heterocycles. The number of nitrogens with two attached hydrogens (primary N) is 1. The predicted molar refractivity (Wildman–Crippen MR) is 83.6 cm³/mol. The number of hydrogen-bond donors (Lipinski definition) is 2. The highest BCUT2D eigenvalue weighted by atomic mass is 35.5. The van der Waals surface area contributed by atoms with Crippen LogP contribution in [0.5, 0.6) is 0 Å². The SMILES string of the molecule is CC1(C)C2OCCC2C1(N)C(=O)Nc1ccc(Cl)c(Cl)c1. The van der Waals surface area contributed by atoms with Gasteiger partial charge in [-0.15, -0.1) is 0 Å². The summed E-state index contributed by atoms with van der Waals surface area (Å²) in [5.41, 5.74) is 5.74. The van der Waals surface area contributed by atoms with E-state index in [1.54, 1.807) is 18.2 Å². The summed E-state index contributed by atoms with van der Waals surface area (Å²) in [7, 11) is 0. The Morgan fingerprint density at radius 2 is 2.10 bits per heavy atom. The third-order valence-electron chi connectivity index (χ3n) is 5.01. The quantitative estimate of drug-likeness (QED) is 0.876. The largest absolute Gasteiger partial charge is 0.377 e. The molecule has 2 aliphatic rings. The minimum Gasteiger partial charge on any atom is -0.377 e. The van der Waals surface area contributed by atoms with E-state index in [0.29, 0.717) is 22.3 Å². The highest BCUT2D eigenvalue weighted by molar-refractivity contribution is 6.42. The number of halogens is 2. The molecule has 114 valence electrons. The van der Waals surface area contributed by atoms with Gasteiger partial charge in [-0.1, -0.05) is 37.0 Å². The van der Waals surface area contributed by atoms with Crippen molar-refractivity contribution in [3.05, 3.63) is 28.2 Å². The van der Waals surface area contributed by atoms with Crippen molar-refractivity contribution in [2.75, 3.05) is 11.9 Å². The number of anilines is 1. The lowest BCUT2D eigenvalue weighted by molar-refractivity contribution is -0.170. The zero-order valence-corrected chi connectivity index (χ0v) is 13.5. The molecule has 1 saturated carbocycles. The number of benzene rings is 1. The number of hydrogen-bond acceptors (Lipinski definition) is 3. The van der Waals surface area contributed by atoms with Crippen molar-refractivity contribution in [3.8, 4) is 0 Å². The van der Waals surface area contributed by atoms with Gasteiger partial charge in [-0.2, -0.15) is 0 Å². The van der Waals surface area contributed by atoms with Gasteiger partial charge in [0.1, 0.15) is 5.54 Å². The van der Waals surface area contributed by atoms with E-state index in [-0.39, 0.29) is 17.9 Å². The van der Waals surface area contributed by atoms with Crippen molar-refractivity contribution in [2.45, 2.75) is 31.9 Å². The van der Waals surface area contributed by atoms with Gasteiger partial charge in [0.2, 0.25) is 5.91 Å². The van der Waals surface area contributed by atoms with E-state index >= 15 is 0 Å². The van der Waals surface area contributed by atoms with Gasteiger partial charge in [0.25, 0.3) is 0 Å². The van der Waals surface area contributed by atoms with Gasteiger partial charge in [-0.3, -0.25) is 4.79 Å². The Kier molecular flexibility index (Phi) is 3.49. The fourth-order valence-electron chi connectivity index (χ4n) is 3.65. The van der Waals surface area contributed by atoms with E-state index in [1.807, 2.05) is 13.8 Å². The third kappa shape index (κ3) is 2.00. The van der Waals surface area contributed by atoms with Crippen molar-refractivity contribution in [1.29, 1.82) is 0 Å². The number of amides is 1. The van der Waals surface area contributed by atoms with E-state index in [4.69, 9.17) is 33.7 Å². The molecular weight excluding hydrogens is 311 g/mol. The summed E-state index contributed by atoms with van der Waals surface area (Å²) in [5, 5.41) is 3.71. The monoisotopic (exact) mass is 328 g/mol. The molecule has 2 fully saturated rings. The summed E-state index contributed by atoms with van der Waals surface area (Å²) in [4.78, 5) is 12.7. The van der Waals surface area contributed by atoms with Crippen LogP contribution in [0.4, 0.5) is 5.69 Å². The molecule has 1 heterocycles. The van der Waals surface area contributed by atoms with Gasteiger partial charge in [-0.25, -0.2) is 0 Å². The molecule has 3 atom stereocenters. The topological polar surface area (TPSA) is 64.3 Å². The average Bonchev–Trinajstić information content (AvgIpc) is 2.90. The standard InChI is InChI=1S/C15H18Cl2N2O2/c1-14(2)12-9(5-6-21-12)15(14,18)13(20)19-8-3-4-10(16)11(17)7-8/h3-4,7,9,12H,5-6,18H2,1-2H3,(H,19,20).